The Hall–Kier alpha value is -3.14. The van der Waals surface area contributed by atoms with Crippen LogP contribution in [-0.4, -0.2) is 10.8 Å². The fraction of sp³-hybridized carbons (Fsp3) is 0. The molecule has 0 bridgehead atoms. The first-order chi connectivity index (χ1) is 11.6. The quantitative estimate of drug-likeness (QED) is 0.504. The molecule has 0 saturated heterocycles. The highest BCUT2D eigenvalue weighted by atomic mass is 19.1. The molecule has 0 unspecified atom stereocenters. The molecular formula is C20H13F2NO. The third-order valence-corrected chi connectivity index (χ3v) is 3.47. The van der Waals surface area contributed by atoms with Gasteiger partial charge in [0.25, 0.3) is 0 Å². The molecule has 2 nitrogen and oxygen atoms in total. The van der Waals surface area contributed by atoms with Crippen molar-refractivity contribution >= 4 is 11.9 Å². The third-order valence-electron chi connectivity index (χ3n) is 3.47. The van der Waals surface area contributed by atoms with Crippen molar-refractivity contribution in [1.29, 1.82) is 0 Å². The van der Waals surface area contributed by atoms with Crippen molar-refractivity contribution in [1.82, 2.24) is 4.98 Å². The van der Waals surface area contributed by atoms with Gasteiger partial charge in [0, 0.05) is 24.0 Å². The molecule has 0 spiro atoms. The maximum atomic E-state index is 13.2. The SMILES string of the molecule is O=C(/C=C/c1cc(F)cc(F)c1)c1cccc(-c2ccncc2)c1. The van der Waals surface area contributed by atoms with Crippen molar-refractivity contribution in [2.45, 2.75) is 0 Å². The number of rotatable bonds is 4. The Morgan fingerprint density at radius 3 is 2.29 bits per heavy atom. The van der Waals surface area contributed by atoms with E-state index in [0.29, 0.717) is 11.1 Å². The number of aromatic nitrogens is 1. The minimum Gasteiger partial charge on any atom is -0.289 e. The summed E-state index contributed by atoms with van der Waals surface area (Å²) in [6.07, 6.45) is 6.07. The Labute approximate surface area is 138 Å². The van der Waals surface area contributed by atoms with Crippen LogP contribution in [0.4, 0.5) is 8.78 Å². The van der Waals surface area contributed by atoms with Crippen LogP contribution in [0.5, 0.6) is 0 Å². The van der Waals surface area contributed by atoms with E-state index < -0.39 is 11.6 Å². The predicted molar refractivity (Wildman–Crippen MR) is 89.4 cm³/mol. The maximum Gasteiger partial charge on any atom is 0.185 e. The number of halogens is 2. The van der Waals surface area contributed by atoms with Gasteiger partial charge in [0.2, 0.25) is 0 Å². The van der Waals surface area contributed by atoms with E-state index in [1.807, 2.05) is 18.2 Å². The number of allylic oxidation sites excluding steroid dienone is 1. The van der Waals surface area contributed by atoms with E-state index in [-0.39, 0.29) is 5.78 Å². The summed E-state index contributed by atoms with van der Waals surface area (Å²) in [6, 6.07) is 14.0. The number of nitrogens with zero attached hydrogens (tertiary/aromatic N) is 1. The summed E-state index contributed by atoms with van der Waals surface area (Å²) in [6.45, 7) is 0. The van der Waals surface area contributed by atoms with E-state index in [2.05, 4.69) is 4.98 Å². The highest BCUT2D eigenvalue weighted by Gasteiger charge is 2.05. The van der Waals surface area contributed by atoms with E-state index >= 15 is 0 Å². The Morgan fingerprint density at radius 2 is 1.58 bits per heavy atom. The van der Waals surface area contributed by atoms with E-state index in [9.17, 15) is 13.6 Å². The summed E-state index contributed by atoms with van der Waals surface area (Å²) in [7, 11) is 0. The summed E-state index contributed by atoms with van der Waals surface area (Å²) < 4.78 is 26.3. The Kier molecular flexibility index (Phi) is 4.57. The Balaban J connectivity index is 1.84. The number of benzene rings is 2. The average Bonchev–Trinajstić information content (AvgIpc) is 2.60. The molecule has 3 aromatic rings. The summed E-state index contributed by atoms with van der Waals surface area (Å²) >= 11 is 0. The van der Waals surface area contributed by atoms with Gasteiger partial charge in [0.15, 0.2) is 5.78 Å². The van der Waals surface area contributed by atoms with Crippen molar-refractivity contribution in [2.75, 3.05) is 0 Å². The van der Waals surface area contributed by atoms with Crippen LogP contribution in [0, 0.1) is 11.6 Å². The molecule has 0 amide bonds. The molecule has 118 valence electrons. The van der Waals surface area contributed by atoms with Crippen LogP contribution >= 0.6 is 0 Å². The van der Waals surface area contributed by atoms with Crippen LogP contribution in [-0.2, 0) is 0 Å². The highest BCUT2D eigenvalue weighted by molar-refractivity contribution is 6.07. The zero-order chi connectivity index (χ0) is 16.9. The first-order valence-corrected chi connectivity index (χ1v) is 7.31. The van der Waals surface area contributed by atoms with Crippen molar-refractivity contribution in [3.63, 3.8) is 0 Å². The number of carbonyl (C=O) groups is 1. The first kappa shape index (κ1) is 15.7. The van der Waals surface area contributed by atoms with Crippen molar-refractivity contribution < 1.29 is 13.6 Å². The Morgan fingerprint density at radius 1 is 0.875 bits per heavy atom. The van der Waals surface area contributed by atoms with Gasteiger partial charge in [-0.25, -0.2) is 8.78 Å². The molecule has 4 heteroatoms. The van der Waals surface area contributed by atoms with Crippen LogP contribution in [0.2, 0.25) is 0 Å². The van der Waals surface area contributed by atoms with Gasteiger partial charge in [-0.15, -0.1) is 0 Å². The van der Waals surface area contributed by atoms with E-state index in [4.69, 9.17) is 0 Å². The van der Waals surface area contributed by atoms with Crippen LogP contribution in [0.1, 0.15) is 15.9 Å². The molecule has 0 fully saturated rings. The van der Waals surface area contributed by atoms with Gasteiger partial charge in [0.1, 0.15) is 11.6 Å². The van der Waals surface area contributed by atoms with E-state index in [1.165, 1.54) is 24.3 Å². The lowest BCUT2D eigenvalue weighted by Gasteiger charge is -2.03. The molecular weight excluding hydrogens is 308 g/mol. The zero-order valence-corrected chi connectivity index (χ0v) is 12.6. The molecule has 0 aliphatic heterocycles. The van der Waals surface area contributed by atoms with Crippen molar-refractivity contribution in [3.8, 4) is 11.1 Å². The van der Waals surface area contributed by atoms with Crippen LogP contribution in [0.25, 0.3) is 17.2 Å². The summed E-state index contributed by atoms with van der Waals surface area (Å²) in [5, 5.41) is 0. The Bertz CT molecular complexity index is 884. The normalized spacial score (nSPS) is 10.9. The summed E-state index contributed by atoms with van der Waals surface area (Å²) in [5.74, 6) is -1.60. The fourth-order valence-electron chi connectivity index (χ4n) is 2.34. The summed E-state index contributed by atoms with van der Waals surface area (Å²) in [4.78, 5) is 16.3. The van der Waals surface area contributed by atoms with Crippen LogP contribution in [0.3, 0.4) is 0 Å². The smallest absolute Gasteiger partial charge is 0.185 e. The van der Waals surface area contributed by atoms with E-state index in [1.54, 1.807) is 30.6 Å². The molecule has 0 N–H and O–H groups in total. The second-order valence-electron chi connectivity index (χ2n) is 5.22. The van der Waals surface area contributed by atoms with Gasteiger partial charge in [-0.2, -0.15) is 0 Å². The van der Waals surface area contributed by atoms with Crippen LogP contribution < -0.4 is 0 Å². The van der Waals surface area contributed by atoms with Gasteiger partial charge in [-0.1, -0.05) is 24.3 Å². The topological polar surface area (TPSA) is 30.0 Å². The van der Waals surface area contributed by atoms with Crippen molar-refractivity contribution in [3.05, 3.63) is 95.8 Å². The van der Waals surface area contributed by atoms with Gasteiger partial charge in [-0.3, -0.25) is 9.78 Å². The second-order valence-corrected chi connectivity index (χ2v) is 5.22. The lowest BCUT2D eigenvalue weighted by molar-refractivity contribution is 0.104. The van der Waals surface area contributed by atoms with Gasteiger partial charge < -0.3 is 0 Å². The van der Waals surface area contributed by atoms with Gasteiger partial charge in [0.05, 0.1) is 0 Å². The predicted octanol–water partition coefficient (Wildman–Crippen LogP) is 4.92. The number of hydrogen-bond acceptors (Lipinski definition) is 2. The molecule has 1 aromatic heterocycles. The minimum atomic E-state index is -0.679. The third kappa shape index (κ3) is 3.79. The van der Waals surface area contributed by atoms with Gasteiger partial charge in [-0.05, 0) is 53.1 Å². The number of pyridine rings is 1. The lowest BCUT2D eigenvalue weighted by atomic mass is 10.0. The molecule has 0 aliphatic rings. The second kappa shape index (κ2) is 6.96. The number of carbonyl (C=O) groups excluding carboxylic acids is 1. The number of ketones is 1. The van der Waals surface area contributed by atoms with Crippen LogP contribution in [0.15, 0.2) is 73.1 Å². The molecule has 3 rings (SSSR count). The molecule has 2 aromatic carbocycles. The van der Waals surface area contributed by atoms with Gasteiger partial charge >= 0.3 is 0 Å². The molecule has 0 saturated carbocycles. The minimum absolute atomic E-state index is 0.240. The van der Waals surface area contributed by atoms with Crippen molar-refractivity contribution in [2.24, 2.45) is 0 Å². The highest BCUT2D eigenvalue weighted by Crippen LogP contribution is 2.20. The summed E-state index contributed by atoms with van der Waals surface area (Å²) in [5.41, 5.74) is 2.65. The standard InChI is InChI=1S/C20H13F2NO/c21-18-10-14(11-19(22)13-18)4-5-20(24)17-3-1-2-16(12-17)15-6-8-23-9-7-15/h1-13H/b5-4+. The molecule has 0 radical (unpaired) electrons. The molecule has 24 heavy (non-hydrogen) atoms. The molecule has 0 aliphatic carbocycles. The average molecular weight is 321 g/mol. The number of hydrogen-bond donors (Lipinski definition) is 0. The maximum absolute atomic E-state index is 13.2. The molecule has 1 heterocycles. The zero-order valence-electron chi connectivity index (χ0n) is 12.6. The largest absolute Gasteiger partial charge is 0.289 e. The monoisotopic (exact) mass is 321 g/mol. The lowest BCUT2D eigenvalue weighted by Crippen LogP contribution is -1.94. The fourth-order valence-corrected chi connectivity index (χ4v) is 2.34. The first-order valence-electron chi connectivity index (χ1n) is 7.31. The van der Waals surface area contributed by atoms with E-state index in [0.717, 1.165) is 17.2 Å². The molecule has 0 atom stereocenters.